The number of rotatable bonds is 6. The minimum Gasteiger partial charge on any atom is -0.495 e. The molecule has 2 aliphatic rings. The number of amides is 2. The molecule has 1 atom stereocenters. The minimum atomic E-state index is -1.30. The van der Waals surface area contributed by atoms with Gasteiger partial charge in [0.05, 0.1) is 25.9 Å². The maximum atomic E-state index is 14.0. The van der Waals surface area contributed by atoms with Crippen LogP contribution in [0.3, 0.4) is 0 Å². The van der Waals surface area contributed by atoms with Gasteiger partial charge in [-0.3, -0.25) is 19.2 Å². The zero-order chi connectivity index (χ0) is 25.9. The predicted octanol–water partition coefficient (Wildman–Crippen LogP) is 4.03. The maximum Gasteiger partial charge on any atom is 0.358 e. The number of esters is 1. The van der Waals surface area contributed by atoms with E-state index in [0.29, 0.717) is 11.4 Å². The van der Waals surface area contributed by atoms with Crippen molar-refractivity contribution in [2.24, 2.45) is 0 Å². The van der Waals surface area contributed by atoms with E-state index >= 15 is 0 Å². The summed E-state index contributed by atoms with van der Waals surface area (Å²) < 4.78 is 12.1. The zero-order valence-corrected chi connectivity index (χ0v) is 21.6. The first-order valence-corrected chi connectivity index (χ1v) is 12.8. The number of nitrogens with zero attached hydrogens (tertiary/aromatic N) is 3. The Balaban J connectivity index is 1.77. The number of hydrogen-bond acceptors (Lipinski definition) is 6. The average molecular weight is 497 g/mol. The second-order valence-corrected chi connectivity index (χ2v) is 9.90. The average Bonchev–Trinajstić information content (AvgIpc) is 3.25. The summed E-state index contributed by atoms with van der Waals surface area (Å²) in [5, 5.41) is 7.59. The van der Waals surface area contributed by atoms with Crippen molar-refractivity contribution in [1.29, 1.82) is 0 Å². The lowest BCUT2D eigenvalue weighted by Crippen LogP contribution is -2.65. The maximum absolute atomic E-state index is 14.0. The standard InChI is InChI=1S/C27H36N4O5/c1-5-36-25(33)20-16-22-24(32)31(21-15-18(2)13-14-23(21)35-4)27(3,17-30(22)29-20)26(34)28-19-11-9-7-6-8-10-12-19/h13-16,19H,5-12,17H2,1-4H3,(H,28,34)/t27-/m0/s1. The van der Waals surface area contributed by atoms with Crippen LogP contribution in [-0.4, -0.2) is 52.9 Å². The lowest BCUT2D eigenvalue weighted by molar-refractivity contribution is -0.127. The number of benzene rings is 1. The first kappa shape index (κ1) is 25.7. The van der Waals surface area contributed by atoms with E-state index in [0.717, 1.165) is 31.2 Å². The number of carbonyl (C=O) groups excluding carboxylic acids is 3. The van der Waals surface area contributed by atoms with Crippen molar-refractivity contribution in [3.63, 3.8) is 0 Å². The van der Waals surface area contributed by atoms with E-state index < -0.39 is 17.4 Å². The third-order valence-corrected chi connectivity index (χ3v) is 7.14. The summed E-state index contributed by atoms with van der Waals surface area (Å²) in [6, 6.07) is 7.02. The molecule has 1 N–H and O–H groups in total. The van der Waals surface area contributed by atoms with Crippen molar-refractivity contribution in [2.45, 2.75) is 83.8 Å². The Kier molecular flexibility index (Phi) is 7.66. The van der Waals surface area contributed by atoms with E-state index in [1.807, 2.05) is 19.1 Å². The number of hydrogen-bond donors (Lipinski definition) is 1. The van der Waals surface area contributed by atoms with Gasteiger partial charge >= 0.3 is 5.97 Å². The number of nitrogens with one attached hydrogen (secondary N) is 1. The Morgan fingerprint density at radius 1 is 1.14 bits per heavy atom. The van der Waals surface area contributed by atoms with E-state index in [-0.39, 0.29) is 36.5 Å². The van der Waals surface area contributed by atoms with Gasteiger partial charge in [0.1, 0.15) is 17.0 Å². The molecule has 0 spiro atoms. The fourth-order valence-corrected chi connectivity index (χ4v) is 5.18. The summed E-state index contributed by atoms with van der Waals surface area (Å²) in [5.41, 5.74) is 0.389. The Morgan fingerprint density at radius 2 is 1.83 bits per heavy atom. The molecule has 0 bridgehead atoms. The highest BCUT2D eigenvalue weighted by molar-refractivity contribution is 6.13. The first-order valence-electron chi connectivity index (χ1n) is 12.8. The highest BCUT2D eigenvalue weighted by Crippen LogP contribution is 2.39. The molecule has 1 aromatic carbocycles. The number of aromatic nitrogens is 2. The summed E-state index contributed by atoms with van der Waals surface area (Å²) in [5.74, 6) is -0.794. The molecular formula is C27H36N4O5. The lowest BCUT2D eigenvalue weighted by Gasteiger charge is -2.44. The summed E-state index contributed by atoms with van der Waals surface area (Å²) in [6.07, 6.45) is 7.56. The van der Waals surface area contributed by atoms with Crippen molar-refractivity contribution in [1.82, 2.24) is 15.1 Å². The molecule has 1 fully saturated rings. The molecular weight excluding hydrogens is 460 g/mol. The van der Waals surface area contributed by atoms with E-state index in [4.69, 9.17) is 9.47 Å². The fraction of sp³-hybridized carbons (Fsp3) is 0.556. The van der Waals surface area contributed by atoms with Gasteiger partial charge < -0.3 is 14.8 Å². The second-order valence-electron chi connectivity index (χ2n) is 9.90. The molecule has 1 aliphatic carbocycles. The van der Waals surface area contributed by atoms with Crippen molar-refractivity contribution in [3.05, 3.63) is 41.2 Å². The SMILES string of the molecule is CCOC(=O)c1cc2n(n1)C[C@@](C)(C(=O)NC1CCCCCCC1)N(c1cc(C)ccc1OC)C2=O. The van der Waals surface area contributed by atoms with Gasteiger partial charge in [0.25, 0.3) is 5.91 Å². The summed E-state index contributed by atoms with van der Waals surface area (Å²) in [7, 11) is 1.54. The third-order valence-electron chi connectivity index (χ3n) is 7.14. The molecule has 2 heterocycles. The quantitative estimate of drug-likeness (QED) is 0.606. The Hall–Kier alpha value is -3.36. The molecule has 9 heteroatoms. The number of fused-ring (bicyclic) bond motifs is 1. The number of methoxy groups -OCH3 is 1. The van der Waals surface area contributed by atoms with E-state index in [1.54, 1.807) is 19.9 Å². The largest absolute Gasteiger partial charge is 0.495 e. The molecule has 2 amide bonds. The number of ether oxygens (including phenoxy) is 2. The summed E-state index contributed by atoms with van der Waals surface area (Å²) in [4.78, 5) is 41.8. The van der Waals surface area contributed by atoms with Crippen LogP contribution in [0.1, 0.15) is 85.3 Å². The summed E-state index contributed by atoms with van der Waals surface area (Å²) in [6.45, 7) is 5.67. The second kappa shape index (κ2) is 10.7. The molecule has 1 saturated carbocycles. The first-order chi connectivity index (χ1) is 17.3. The van der Waals surface area contributed by atoms with Crippen LogP contribution in [0.25, 0.3) is 0 Å². The highest BCUT2D eigenvalue weighted by Gasteiger charge is 2.50. The van der Waals surface area contributed by atoms with Gasteiger partial charge in [0.2, 0.25) is 5.91 Å². The molecule has 0 saturated heterocycles. The molecule has 4 rings (SSSR count). The fourth-order valence-electron chi connectivity index (χ4n) is 5.18. The number of aryl methyl sites for hydroxylation is 1. The molecule has 194 valence electrons. The topological polar surface area (TPSA) is 103 Å². The van der Waals surface area contributed by atoms with Crippen LogP contribution in [0, 0.1) is 6.92 Å². The van der Waals surface area contributed by atoms with Gasteiger partial charge in [0, 0.05) is 12.1 Å². The van der Waals surface area contributed by atoms with Gasteiger partial charge in [-0.15, -0.1) is 0 Å². The third kappa shape index (κ3) is 4.96. The Labute approximate surface area is 212 Å². The Bertz CT molecular complexity index is 1140. The monoisotopic (exact) mass is 496 g/mol. The van der Waals surface area contributed by atoms with Crippen molar-refractivity contribution >= 4 is 23.5 Å². The number of anilines is 1. The van der Waals surface area contributed by atoms with E-state index in [9.17, 15) is 14.4 Å². The van der Waals surface area contributed by atoms with Crippen LogP contribution in [0.2, 0.25) is 0 Å². The molecule has 0 unspecified atom stereocenters. The molecule has 0 radical (unpaired) electrons. The van der Waals surface area contributed by atoms with Gasteiger partial charge in [0.15, 0.2) is 5.69 Å². The van der Waals surface area contributed by atoms with Crippen LogP contribution < -0.4 is 15.0 Å². The van der Waals surface area contributed by atoms with Gasteiger partial charge in [-0.25, -0.2) is 4.79 Å². The molecule has 2 aromatic rings. The van der Waals surface area contributed by atoms with E-state index in [2.05, 4.69) is 10.4 Å². The van der Waals surface area contributed by atoms with Crippen LogP contribution >= 0.6 is 0 Å². The molecule has 36 heavy (non-hydrogen) atoms. The van der Waals surface area contributed by atoms with E-state index in [1.165, 1.54) is 42.0 Å². The number of carbonyl (C=O) groups is 3. The van der Waals surface area contributed by atoms with Crippen LogP contribution in [0.4, 0.5) is 5.69 Å². The van der Waals surface area contributed by atoms with Gasteiger partial charge in [-0.05, 0) is 51.3 Å². The van der Waals surface area contributed by atoms with Crippen LogP contribution in [0.5, 0.6) is 5.75 Å². The minimum absolute atomic E-state index is 0.0426. The zero-order valence-electron chi connectivity index (χ0n) is 21.6. The predicted molar refractivity (Wildman–Crippen MR) is 135 cm³/mol. The smallest absolute Gasteiger partial charge is 0.358 e. The van der Waals surface area contributed by atoms with Crippen LogP contribution in [0.15, 0.2) is 24.3 Å². The molecule has 1 aliphatic heterocycles. The lowest BCUT2D eigenvalue weighted by atomic mass is 9.91. The summed E-state index contributed by atoms with van der Waals surface area (Å²) >= 11 is 0. The van der Waals surface area contributed by atoms with Crippen molar-refractivity contribution < 1.29 is 23.9 Å². The highest BCUT2D eigenvalue weighted by atomic mass is 16.5. The van der Waals surface area contributed by atoms with Gasteiger partial charge in [-0.2, -0.15) is 5.10 Å². The van der Waals surface area contributed by atoms with Crippen LogP contribution in [-0.2, 0) is 16.1 Å². The normalized spacial score (nSPS) is 20.8. The van der Waals surface area contributed by atoms with Crippen molar-refractivity contribution in [2.75, 3.05) is 18.6 Å². The van der Waals surface area contributed by atoms with Gasteiger partial charge in [-0.1, -0.05) is 38.2 Å². The Morgan fingerprint density at radius 3 is 2.50 bits per heavy atom. The van der Waals surface area contributed by atoms with Crippen molar-refractivity contribution in [3.8, 4) is 5.75 Å². The molecule has 9 nitrogen and oxygen atoms in total. The molecule has 1 aromatic heterocycles.